The van der Waals surface area contributed by atoms with E-state index in [1.807, 2.05) is 6.92 Å². The predicted octanol–water partition coefficient (Wildman–Crippen LogP) is 0.980. The van der Waals surface area contributed by atoms with E-state index in [-0.39, 0.29) is 11.4 Å². The van der Waals surface area contributed by atoms with Gasteiger partial charge in [0.1, 0.15) is 6.04 Å². The van der Waals surface area contributed by atoms with Gasteiger partial charge in [-0.3, -0.25) is 4.90 Å². The first-order valence-electron chi connectivity index (χ1n) is 7.00. The molecule has 0 spiro atoms. The Balaban J connectivity index is 1.99. The quantitative estimate of drug-likeness (QED) is 0.842. The van der Waals surface area contributed by atoms with Gasteiger partial charge >= 0.3 is 12.0 Å². The number of hydrogen-bond donors (Lipinski definition) is 1. The Morgan fingerprint density at radius 1 is 1.45 bits per heavy atom. The minimum absolute atomic E-state index is 0.0765. The van der Waals surface area contributed by atoms with Gasteiger partial charge in [-0.25, -0.2) is 9.59 Å². The number of rotatable bonds is 3. The number of amides is 2. The maximum atomic E-state index is 12.5. The maximum absolute atomic E-state index is 12.5. The average Bonchev–Trinajstić information content (AvgIpc) is 2.95. The molecule has 7 heteroatoms. The molecule has 2 fully saturated rings. The monoisotopic (exact) mass is 301 g/mol. The Hall–Kier alpha value is -0.950. The number of nitrogens with zero attached hydrogens (tertiary/aromatic N) is 3. The summed E-state index contributed by atoms with van der Waals surface area (Å²) < 4.78 is 0. The minimum Gasteiger partial charge on any atom is -0.480 e. The van der Waals surface area contributed by atoms with Crippen molar-refractivity contribution >= 4 is 23.8 Å². The lowest BCUT2D eigenvalue weighted by Crippen LogP contribution is -2.52. The molecule has 2 aliphatic rings. The first-order chi connectivity index (χ1) is 9.41. The van der Waals surface area contributed by atoms with Crippen molar-refractivity contribution in [2.75, 3.05) is 32.9 Å². The van der Waals surface area contributed by atoms with Gasteiger partial charge in [0.25, 0.3) is 0 Å². The Morgan fingerprint density at radius 2 is 2.15 bits per heavy atom. The molecule has 2 heterocycles. The van der Waals surface area contributed by atoms with E-state index in [9.17, 15) is 14.7 Å². The molecular weight excluding hydrogens is 278 g/mol. The number of likely N-dealkylation sites (tertiary alicyclic amines) is 1. The number of carbonyl (C=O) groups excluding carboxylic acids is 1. The molecule has 2 saturated heterocycles. The van der Waals surface area contributed by atoms with Crippen molar-refractivity contribution in [3.63, 3.8) is 0 Å². The number of urea groups is 1. The lowest BCUT2D eigenvalue weighted by Gasteiger charge is -2.32. The van der Waals surface area contributed by atoms with Gasteiger partial charge in [-0.15, -0.1) is 11.8 Å². The third-order valence-electron chi connectivity index (χ3n) is 4.21. The third kappa shape index (κ3) is 3.03. The molecular formula is C13H23N3O3S. The van der Waals surface area contributed by atoms with Crippen molar-refractivity contribution in [1.82, 2.24) is 14.7 Å². The molecule has 0 aliphatic carbocycles. The van der Waals surface area contributed by atoms with Gasteiger partial charge in [0.2, 0.25) is 0 Å². The molecule has 0 aromatic heterocycles. The molecule has 3 atom stereocenters. The summed E-state index contributed by atoms with van der Waals surface area (Å²) in [6.45, 7) is 3.62. The first kappa shape index (κ1) is 15.4. The van der Waals surface area contributed by atoms with E-state index in [2.05, 4.69) is 11.9 Å². The zero-order chi connectivity index (χ0) is 14.9. The zero-order valence-corrected chi connectivity index (χ0v) is 13.1. The van der Waals surface area contributed by atoms with E-state index in [4.69, 9.17) is 0 Å². The molecule has 0 bridgehead atoms. The summed E-state index contributed by atoms with van der Waals surface area (Å²) in [7, 11) is 3.84. The van der Waals surface area contributed by atoms with Crippen LogP contribution in [0.2, 0.25) is 0 Å². The molecule has 1 N–H and O–H groups in total. The summed E-state index contributed by atoms with van der Waals surface area (Å²) in [6, 6.07) is -0.487. The fourth-order valence-electron chi connectivity index (χ4n) is 2.92. The van der Waals surface area contributed by atoms with E-state index >= 15 is 0 Å². The number of hydrogen-bond acceptors (Lipinski definition) is 4. The summed E-state index contributed by atoms with van der Waals surface area (Å²) in [6.07, 6.45) is 2.26. The average molecular weight is 301 g/mol. The van der Waals surface area contributed by atoms with Crippen molar-refractivity contribution in [2.24, 2.45) is 0 Å². The van der Waals surface area contributed by atoms with Crippen LogP contribution in [0.4, 0.5) is 4.79 Å². The van der Waals surface area contributed by atoms with Crippen LogP contribution >= 0.6 is 11.8 Å². The molecule has 114 valence electrons. The van der Waals surface area contributed by atoms with Gasteiger partial charge in [0.15, 0.2) is 0 Å². The summed E-state index contributed by atoms with van der Waals surface area (Å²) in [5, 5.41) is 9.15. The van der Waals surface area contributed by atoms with E-state index < -0.39 is 12.0 Å². The fourth-order valence-corrected chi connectivity index (χ4v) is 4.09. The molecule has 2 amide bonds. The lowest BCUT2D eigenvalue weighted by atomic mass is 10.2. The molecule has 3 unspecified atom stereocenters. The van der Waals surface area contributed by atoms with Crippen molar-refractivity contribution in [1.29, 1.82) is 0 Å². The van der Waals surface area contributed by atoms with Gasteiger partial charge in [0, 0.05) is 25.4 Å². The van der Waals surface area contributed by atoms with Crippen LogP contribution in [0, 0.1) is 0 Å². The second-order valence-corrected chi connectivity index (χ2v) is 6.98. The van der Waals surface area contributed by atoms with E-state index in [1.54, 1.807) is 11.9 Å². The van der Waals surface area contributed by atoms with Gasteiger partial charge < -0.3 is 14.9 Å². The van der Waals surface area contributed by atoms with Gasteiger partial charge in [0.05, 0.1) is 5.37 Å². The number of thioether (sulfide) groups is 1. The van der Waals surface area contributed by atoms with Crippen LogP contribution in [0.1, 0.15) is 19.8 Å². The lowest BCUT2D eigenvalue weighted by molar-refractivity contribution is -0.141. The molecule has 0 saturated carbocycles. The number of carboxylic acid groups (broad SMARTS) is 1. The van der Waals surface area contributed by atoms with Crippen molar-refractivity contribution in [3.8, 4) is 0 Å². The highest BCUT2D eigenvalue weighted by molar-refractivity contribution is 8.00. The summed E-state index contributed by atoms with van der Waals surface area (Å²) in [5.41, 5.74) is 0. The molecule has 0 radical (unpaired) electrons. The second kappa shape index (κ2) is 6.22. The van der Waals surface area contributed by atoms with Gasteiger partial charge in [-0.2, -0.15) is 0 Å². The maximum Gasteiger partial charge on any atom is 0.327 e. The van der Waals surface area contributed by atoms with E-state index in [0.717, 1.165) is 19.4 Å². The van der Waals surface area contributed by atoms with Crippen LogP contribution in [-0.2, 0) is 4.79 Å². The number of carbonyl (C=O) groups is 2. The molecule has 0 aromatic rings. The predicted molar refractivity (Wildman–Crippen MR) is 78.9 cm³/mol. The summed E-state index contributed by atoms with van der Waals surface area (Å²) in [5.74, 6) is -0.444. The highest BCUT2D eigenvalue weighted by Crippen LogP contribution is 2.30. The largest absolute Gasteiger partial charge is 0.480 e. The van der Waals surface area contributed by atoms with Crippen LogP contribution < -0.4 is 0 Å². The topological polar surface area (TPSA) is 64.1 Å². The fraction of sp³-hybridized carbons (Fsp3) is 0.846. The Bertz CT molecular complexity index is 393. The summed E-state index contributed by atoms with van der Waals surface area (Å²) >= 11 is 1.52. The standard InChI is InChI=1S/C13H23N3O3S/c1-9-16(11(8-20-9)12(17)18)13(19)15(3)7-10-5-4-6-14(10)2/h9-11H,4-8H2,1-3H3,(H,17,18). The normalized spacial score (nSPS) is 30.8. The minimum atomic E-state index is -0.915. The van der Waals surface area contributed by atoms with Crippen molar-refractivity contribution in [3.05, 3.63) is 0 Å². The molecule has 2 rings (SSSR count). The number of carboxylic acids is 1. The highest BCUT2D eigenvalue weighted by Gasteiger charge is 2.41. The third-order valence-corrected chi connectivity index (χ3v) is 5.43. The van der Waals surface area contributed by atoms with Gasteiger partial charge in [-0.05, 0) is 33.4 Å². The molecule has 20 heavy (non-hydrogen) atoms. The zero-order valence-electron chi connectivity index (χ0n) is 12.3. The van der Waals surface area contributed by atoms with E-state index in [1.165, 1.54) is 16.7 Å². The smallest absolute Gasteiger partial charge is 0.327 e. The second-order valence-electron chi connectivity index (χ2n) is 5.63. The molecule has 6 nitrogen and oxygen atoms in total. The first-order valence-corrected chi connectivity index (χ1v) is 8.04. The van der Waals surface area contributed by atoms with Crippen LogP contribution in [-0.4, -0.2) is 82.2 Å². The summed E-state index contributed by atoms with van der Waals surface area (Å²) in [4.78, 5) is 29.2. The van der Waals surface area contributed by atoms with Gasteiger partial charge in [-0.1, -0.05) is 0 Å². The SMILES string of the molecule is CC1SCC(C(=O)O)N1C(=O)N(C)CC1CCCN1C. The molecule has 0 aromatic carbocycles. The Morgan fingerprint density at radius 3 is 2.70 bits per heavy atom. The highest BCUT2D eigenvalue weighted by atomic mass is 32.2. The van der Waals surface area contributed by atoms with Crippen LogP contribution in [0.5, 0.6) is 0 Å². The van der Waals surface area contributed by atoms with Crippen molar-refractivity contribution < 1.29 is 14.7 Å². The molecule has 2 aliphatic heterocycles. The van der Waals surface area contributed by atoms with Crippen LogP contribution in [0.25, 0.3) is 0 Å². The van der Waals surface area contributed by atoms with Crippen LogP contribution in [0.15, 0.2) is 0 Å². The van der Waals surface area contributed by atoms with Crippen molar-refractivity contribution in [2.45, 2.75) is 37.2 Å². The number of aliphatic carboxylic acids is 1. The number of likely N-dealkylation sites (N-methyl/N-ethyl adjacent to an activating group) is 2. The Kier molecular flexibility index (Phi) is 4.80. The van der Waals surface area contributed by atoms with E-state index in [0.29, 0.717) is 18.3 Å². The van der Waals surface area contributed by atoms with Crippen LogP contribution in [0.3, 0.4) is 0 Å². The Labute approximate surface area is 124 Å².